The molecule has 0 spiro atoms. The zero-order chi connectivity index (χ0) is 12.7. The van der Waals surface area contributed by atoms with Crippen LogP contribution in [0, 0.1) is 0 Å². The third-order valence-corrected chi connectivity index (χ3v) is 4.10. The van der Waals surface area contributed by atoms with Crippen molar-refractivity contribution in [3.05, 3.63) is 18.0 Å². The quantitative estimate of drug-likeness (QED) is 0.665. The number of aromatic nitrogens is 1. The van der Waals surface area contributed by atoms with Crippen LogP contribution in [0.15, 0.2) is 16.8 Å². The maximum Gasteiger partial charge on any atom is 0.215 e. The fraction of sp³-hybridized carbons (Fsp3) is 0.700. The molecule has 0 bridgehead atoms. The molecule has 1 rings (SSSR count). The third kappa shape index (κ3) is 4.84. The van der Waals surface area contributed by atoms with Crippen molar-refractivity contribution in [2.24, 2.45) is 0 Å². The minimum absolute atomic E-state index is 0.139. The Morgan fingerprint density at radius 2 is 2.29 bits per heavy atom. The number of hydrogen-bond donors (Lipinski definition) is 2. The van der Waals surface area contributed by atoms with Gasteiger partial charge in [0.1, 0.15) is 0 Å². The van der Waals surface area contributed by atoms with Gasteiger partial charge in [0.05, 0.1) is 18.0 Å². The van der Waals surface area contributed by atoms with Crippen molar-refractivity contribution < 1.29 is 12.9 Å². The van der Waals surface area contributed by atoms with E-state index in [4.69, 9.17) is 4.52 Å². The fourth-order valence-electron chi connectivity index (χ4n) is 1.24. The average Bonchev–Trinajstić information content (AvgIpc) is 2.79. The van der Waals surface area contributed by atoms with Crippen LogP contribution in [-0.4, -0.2) is 31.9 Å². The van der Waals surface area contributed by atoms with Crippen molar-refractivity contribution in [2.75, 3.05) is 13.1 Å². The van der Waals surface area contributed by atoms with Gasteiger partial charge in [0, 0.05) is 12.6 Å². The molecule has 0 amide bonds. The van der Waals surface area contributed by atoms with Crippen LogP contribution in [0.4, 0.5) is 0 Å². The SMILES string of the molecule is CCCNCC(C)S(=O)(=O)NCc1ccno1. The molecule has 0 aromatic carbocycles. The molecule has 0 aliphatic rings. The minimum Gasteiger partial charge on any atom is -0.360 e. The Hall–Kier alpha value is -0.920. The first kappa shape index (κ1) is 14.1. The molecule has 1 heterocycles. The molecule has 1 atom stereocenters. The summed E-state index contributed by atoms with van der Waals surface area (Å²) in [6.45, 7) is 5.11. The number of rotatable bonds is 8. The Kier molecular flexibility index (Phi) is 5.60. The summed E-state index contributed by atoms with van der Waals surface area (Å²) in [4.78, 5) is 0. The summed E-state index contributed by atoms with van der Waals surface area (Å²) in [6, 6.07) is 1.63. The highest BCUT2D eigenvalue weighted by molar-refractivity contribution is 7.90. The Balaban J connectivity index is 2.39. The molecule has 0 fully saturated rings. The van der Waals surface area contributed by atoms with Gasteiger partial charge in [-0.15, -0.1) is 0 Å². The summed E-state index contributed by atoms with van der Waals surface area (Å²) < 4.78 is 30.9. The molecular weight excluding hydrogens is 242 g/mol. The van der Waals surface area contributed by atoms with Crippen LogP contribution >= 0.6 is 0 Å². The molecule has 2 N–H and O–H groups in total. The normalized spacial score (nSPS) is 13.8. The topological polar surface area (TPSA) is 84.2 Å². The molecule has 6 nitrogen and oxygen atoms in total. The van der Waals surface area contributed by atoms with Crippen LogP contribution in [0.25, 0.3) is 0 Å². The van der Waals surface area contributed by atoms with Crippen molar-refractivity contribution in [1.29, 1.82) is 0 Å². The van der Waals surface area contributed by atoms with Gasteiger partial charge >= 0.3 is 0 Å². The fourth-order valence-corrected chi connectivity index (χ4v) is 2.20. The Morgan fingerprint density at radius 1 is 1.53 bits per heavy atom. The minimum atomic E-state index is -3.32. The molecule has 0 aliphatic heterocycles. The maximum absolute atomic E-state index is 11.8. The summed E-state index contributed by atoms with van der Waals surface area (Å²) in [5.74, 6) is 0.502. The van der Waals surface area contributed by atoms with Crippen molar-refractivity contribution in [2.45, 2.75) is 32.1 Å². The van der Waals surface area contributed by atoms with E-state index in [1.54, 1.807) is 13.0 Å². The monoisotopic (exact) mass is 261 g/mol. The van der Waals surface area contributed by atoms with Gasteiger partial charge in [0.15, 0.2) is 5.76 Å². The summed E-state index contributed by atoms with van der Waals surface area (Å²) in [7, 11) is -3.32. The van der Waals surface area contributed by atoms with Crippen LogP contribution in [0.2, 0.25) is 0 Å². The van der Waals surface area contributed by atoms with Gasteiger partial charge in [-0.3, -0.25) is 0 Å². The van der Waals surface area contributed by atoms with E-state index in [0.29, 0.717) is 12.3 Å². The molecule has 0 saturated carbocycles. The molecular formula is C10H19N3O3S. The molecule has 1 aromatic rings. The van der Waals surface area contributed by atoms with Crippen molar-refractivity contribution in [3.63, 3.8) is 0 Å². The van der Waals surface area contributed by atoms with E-state index < -0.39 is 15.3 Å². The first-order valence-electron chi connectivity index (χ1n) is 5.65. The van der Waals surface area contributed by atoms with Gasteiger partial charge < -0.3 is 9.84 Å². The van der Waals surface area contributed by atoms with E-state index in [9.17, 15) is 8.42 Å². The van der Waals surface area contributed by atoms with E-state index in [0.717, 1.165) is 13.0 Å². The second kappa shape index (κ2) is 6.73. The summed E-state index contributed by atoms with van der Waals surface area (Å²) in [5.41, 5.74) is 0. The Morgan fingerprint density at radius 3 is 2.88 bits per heavy atom. The zero-order valence-corrected chi connectivity index (χ0v) is 11.0. The lowest BCUT2D eigenvalue weighted by Crippen LogP contribution is -2.38. The Labute approximate surface area is 102 Å². The number of sulfonamides is 1. The molecule has 17 heavy (non-hydrogen) atoms. The van der Waals surface area contributed by atoms with E-state index in [-0.39, 0.29) is 6.54 Å². The van der Waals surface area contributed by atoms with E-state index in [1.165, 1.54) is 6.20 Å². The van der Waals surface area contributed by atoms with Gasteiger partial charge in [0.2, 0.25) is 10.0 Å². The van der Waals surface area contributed by atoms with Gasteiger partial charge in [-0.2, -0.15) is 0 Å². The van der Waals surface area contributed by atoms with Crippen molar-refractivity contribution in [3.8, 4) is 0 Å². The van der Waals surface area contributed by atoms with Crippen LogP contribution in [-0.2, 0) is 16.6 Å². The number of nitrogens with one attached hydrogen (secondary N) is 2. The van der Waals surface area contributed by atoms with Crippen molar-refractivity contribution in [1.82, 2.24) is 15.2 Å². The van der Waals surface area contributed by atoms with Crippen LogP contribution in [0.3, 0.4) is 0 Å². The lowest BCUT2D eigenvalue weighted by atomic mass is 10.4. The zero-order valence-electron chi connectivity index (χ0n) is 10.1. The largest absolute Gasteiger partial charge is 0.360 e. The van der Waals surface area contributed by atoms with Crippen LogP contribution in [0.5, 0.6) is 0 Å². The van der Waals surface area contributed by atoms with Crippen molar-refractivity contribution >= 4 is 10.0 Å². The highest BCUT2D eigenvalue weighted by Gasteiger charge is 2.20. The smallest absolute Gasteiger partial charge is 0.215 e. The first-order valence-corrected chi connectivity index (χ1v) is 7.19. The van der Waals surface area contributed by atoms with Gasteiger partial charge in [0.25, 0.3) is 0 Å². The molecule has 0 radical (unpaired) electrons. The number of nitrogens with zero attached hydrogens (tertiary/aromatic N) is 1. The highest BCUT2D eigenvalue weighted by atomic mass is 32.2. The lowest BCUT2D eigenvalue weighted by Gasteiger charge is -2.13. The average molecular weight is 261 g/mol. The molecule has 1 aromatic heterocycles. The molecule has 0 saturated heterocycles. The van der Waals surface area contributed by atoms with E-state index in [1.807, 2.05) is 6.92 Å². The Bertz CT molecular complexity index is 402. The van der Waals surface area contributed by atoms with Gasteiger partial charge in [-0.1, -0.05) is 12.1 Å². The molecule has 7 heteroatoms. The van der Waals surface area contributed by atoms with Crippen LogP contribution < -0.4 is 10.0 Å². The van der Waals surface area contributed by atoms with Crippen LogP contribution in [0.1, 0.15) is 26.0 Å². The predicted molar refractivity (Wildman–Crippen MR) is 64.9 cm³/mol. The second-order valence-electron chi connectivity index (χ2n) is 3.86. The third-order valence-electron chi connectivity index (χ3n) is 2.33. The summed E-state index contributed by atoms with van der Waals surface area (Å²) >= 11 is 0. The highest BCUT2D eigenvalue weighted by Crippen LogP contribution is 2.01. The van der Waals surface area contributed by atoms with E-state index >= 15 is 0 Å². The number of hydrogen-bond acceptors (Lipinski definition) is 5. The molecule has 0 aliphatic carbocycles. The first-order chi connectivity index (χ1) is 8.06. The lowest BCUT2D eigenvalue weighted by molar-refractivity contribution is 0.380. The maximum atomic E-state index is 11.8. The standard InChI is InChI=1S/C10H19N3O3S/c1-3-5-11-7-9(2)17(14,15)13-8-10-4-6-12-16-10/h4,6,9,11,13H,3,5,7-8H2,1-2H3. The molecule has 1 unspecified atom stereocenters. The summed E-state index contributed by atoms with van der Waals surface area (Å²) in [5, 5.41) is 6.11. The van der Waals surface area contributed by atoms with Gasteiger partial charge in [-0.05, 0) is 19.9 Å². The van der Waals surface area contributed by atoms with E-state index in [2.05, 4.69) is 15.2 Å². The van der Waals surface area contributed by atoms with Gasteiger partial charge in [-0.25, -0.2) is 13.1 Å². The molecule has 98 valence electrons. The summed E-state index contributed by atoms with van der Waals surface area (Å²) in [6.07, 6.45) is 2.47. The predicted octanol–water partition coefficient (Wildman–Crippen LogP) is 0.482. The second-order valence-corrected chi connectivity index (χ2v) is 6.04.